The molecule has 1 aromatic heterocycles. The van der Waals surface area contributed by atoms with Gasteiger partial charge in [-0.2, -0.15) is 15.2 Å². The Kier molecular flexibility index (Phi) is 2.59. The van der Waals surface area contributed by atoms with Crippen LogP contribution in [0.3, 0.4) is 0 Å². The first-order valence-corrected chi connectivity index (χ1v) is 6.05. The van der Waals surface area contributed by atoms with Crippen LogP contribution >= 0.6 is 0 Å². The van der Waals surface area contributed by atoms with E-state index in [2.05, 4.69) is 15.3 Å². The molecule has 0 saturated heterocycles. The molecule has 1 aliphatic carbocycles. The van der Waals surface area contributed by atoms with Crippen molar-refractivity contribution in [3.63, 3.8) is 0 Å². The van der Waals surface area contributed by atoms with Gasteiger partial charge in [-0.25, -0.2) is 0 Å². The van der Waals surface area contributed by atoms with Gasteiger partial charge in [-0.15, -0.1) is 5.10 Å². The number of nitrogens with zero attached hydrogens (tertiary/aromatic N) is 4. The van der Waals surface area contributed by atoms with Crippen molar-refractivity contribution in [2.75, 3.05) is 5.01 Å². The predicted octanol–water partition coefficient (Wildman–Crippen LogP) is 1.76. The van der Waals surface area contributed by atoms with Gasteiger partial charge in [0.15, 0.2) is 5.82 Å². The van der Waals surface area contributed by atoms with Crippen molar-refractivity contribution in [3.8, 4) is 0 Å². The lowest BCUT2D eigenvalue weighted by Gasteiger charge is -2.11. The number of fused-ring (bicyclic) bond motifs is 1. The maximum atomic E-state index is 12.2. The van der Waals surface area contributed by atoms with E-state index >= 15 is 0 Å². The van der Waals surface area contributed by atoms with Gasteiger partial charge in [0, 0.05) is 6.20 Å². The van der Waals surface area contributed by atoms with E-state index in [1.165, 1.54) is 11.4 Å². The van der Waals surface area contributed by atoms with Gasteiger partial charge in [-0.05, 0) is 31.4 Å². The highest BCUT2D eigenvalue weighted by Gasteiger charge is 2.37. The van der Waals surface area contributed by atoms with E-state index in [-0.39, 0.29) is 11.8 Å². The SMILES string of the molecule is O=C1C2CCCCCC2=NN1c1cccnn1. The third kappa shape index (κ3) is 1.81. The molecule has 1 fully saturated rings. The number of aromatic nitrogens is 2. The van der Waals surface area contributed by atoms with Crippen LogP contribution in [0.4, 0.5) is 5.82 Å². The van der Waals surface area contributed by atoms with E-state index in [1.54, 1.807) is 18.3 Å². The third-order valence-electron chi connectivity index (χ3n) is 3.34. The minimum atomic E-state index is -0.0143. The monoisotopic (exact) mass is 230 g/mol. The Morgan fingerprint density at radius 3 is 3.06 bits per heavy atom. The van der Waals surface area contributed by atoms with Crippen molar-refractivity contribution in [2.45, 2.75) is 32.1 Å². The Morgan fingerprint density at radius 1 is 1.29 bits per heavy atom. The van der Waals surface area contributed by atoms with Crippen molar-refractivity contribution < 1.29 is 4.79 Å². The van der Waals surface area contributed by atoms with Crippen LogP contribution in [0.25, 0.3) is 0 Å². The molecule has 0 radical (unpaired) electrons. The van der Waals surface area contributed by atoms with Crippen molar-refractivity contribution in [3.05, 3.63) is 18.3 Å². The fraction of sp³-hybridized carbons (Fsp3) is 0.500. The second-order valence-electron chi connectivity index (χ2n) is 4.48. The number of carbonyl (C=O) groups is 1. The van der Waals surface area contributed by atoms with Gasteiger partial charge >= 0.3 is 0 Å². The summed E-state index contributed by atoms with van der Waals surface area (Å²) < 4.78 is 0. The molecule has 5 nitrogen and oxygen atoms in total. The summed E-state index contributed by atoms with van der Waals surface area (Å²) in [6.45, 7) is 0. The zero-order valence-corrected chi connectivity index (χ0v) is 9.54. The van der Waals surface area contributed by atoms with Gasteiger partial charge in [-0.3, -0.25) is 4.79 Å². The van der Waals surface area contributed by atoms with E-state index in [0.717, 1.165) is 31.4 Å². The number of hydrogen-bond acceptors (Lipinski definition) is 4. The highest BCUT2D eigenvalue weighted by Crippen LogP contribution is 2.30. The van der Waals surface area contributed by atoms with Gasteiger partial charge in [0.05, 0.1) is 11.6 Å². The summed E-state index contributed by atoms with van der Waals surface area (Å²) in [5, 5.41) is 13.6. The quantitative estimate of drug-likeness (QED) is 0.738. The van der Waals surface area contributed by atoms with Crippen molar-refractivity contribution in [2.24, 2.45) is 11.0 Å². The maximum absolute atomic E-state index is 12.2. The average Bonchev–Trinajstić information content (AvgIpc) is 2.56. The Balaban J connectivity index is 1.91. The zero-order valence-electron chi connectivity index (χ0n) is 9.54. The molecule has 1 atom stereocenters. The molecule has 5 heteroatoms. The number of rotatable bonds is 1. The standard InChI is InChI=1S/C12H14N4O/c17-12-9-5-2-1-3-6-10(9)15-16(12)11-7-4-8-13-14-11/h4,7-9H,1-3,5-6H2. The molecule has 0 aromatic carbocycles. The molecule has 0 bridgehead atoms. The molecule has 1 aliphatic heterocycles. The van der Waals surface area contributed by atoms with E-state index < -0.39 is 0 Å². The molecule has 0 N–H and O–H groups in total. The van der Waals surface area contributed by atoms with Crippen molar-refractivity contribution in [1.29, 1.82) is 0 Å². The van der Waals surface area contributed by atoms with Gasteiger partial charge in [0.1, 0.15) is 0 Å². The molecule has 1 amide bonds. The third-order valence-corrected chi connectivity index (χ3v) is 3.34. The molecule has 1 saturated carbocycles. The van der Waals surface area contributed by atoms with Crippen molar-refractivity contribution in [1.82, 2.24) is 10.2 Å². The van der Waals surface area contributed by atoms with Crippen LogP contribution in [0.1, 0.15) is 32.1 Å². The van der Waals surface area contributed by atoms with Crippen LogP contribution < -0.4 is 5.01 Å². The summed E-state index contributed by atoms with van der Waals surface area (Å²) in [4.78, 5) is 12.2. The van der Waals surface area contributed by atoms with Crippen LogP contribution in [0.5, 0.6) is 0 Å². The van der Waals surface area contributed by atoms with E-state index in [4.69, 9.17) is 0 Å². The predicted molar refractivity (Wildman–Crippen MR) is 63.5 cm³/mol. The van der Waals surface area contributed by atoms with E-state index in [9.17, 15) is 4.79 Å². The van der Waals surface area contributed by atoms with Gasteiger partial charge in [0.25, 0.3) is 5.91 Å². The highest BCUT2D eigenvalue weighted by atomic mass is 16.2. The second kappa shape index (κ2) is 4.24. The van der Waals surface area contributed by atoms with Gasteiger partial charge in [0.2, 0.25) is 0 Å². The lowest BCUT2D eigenvalue weighted by molar-refractivity contribution is -0.119. The maximum Gasteiger partial charge on any atom is 0.257 e. The molecule has 0 spiro atoms. The van der Waals surface area contributed by atoms with Crippen molar-refractivity contribution >= 4 is 17.4 Å². The minimum absolute atomic E-state index is 0.0143. The summed E-state index contributed by atoms with van der Waals surface area (Å²) >= 11 is 0. The van der Waals surface area contributed by atoms with Crippen LogP contribution in [0, 0.1) is 5.92 Å². The number of hydrogen-bond donors (Lipinski definition) is 0. The summed E-state index contributed by atoms with van der Waals surface area (Å²) in [6, 6.07) is 3.53. The fourth-order valence-electron chi connectivity index (χ4n) is 2.45. The topological polar surface area (TPSA) is 58.5 Å². The second-order valence-corrected chi connectivity index (χ2v) is 4.48. The first-order chi connectivity index (χ1) is 8.36. The highest BCUT2D eigenvalue weighted by molar-refractivity contribution is 6.15. The molecule has 2 heterocycles. The fourth-order valence-corrected chi connectivity index (χ4v) is 2.45. The minimum Gasteiger partial charge on any atom is -0.272 e. The Hall–Kier alpha value is -1.78. The number of hydrazone groups is 1. The van der Waals surface area contributed by atoms with Crippen LogP contribution in [0.15, 0.2) is 23.4 Å². The Labute approximate surface area is 99.5 Å². The molecule has 88 valence electrons. The molecule has 3 rings (SSSR count). The zero-order chi connectivity index (χ0) is 11.7. The van der Waals surface area contributed by atoms with Gasteiger partial charge < -0.3 is 0 Å². The van der Waals surface area contributed by atoms with E-state index in [0.29, 0.717) is 5.82 Å². The largest absolute Gasteiger partial charge is 0.272 e. The van der Waals surface area contributed by atoms with E-state index in [1.807, 2.05) is 0 Å². The lowest BCUT2D eigenvalue weighted by atomic mass is 9.98. The molecule has 2 aliphatic rings. The average molecular weight is 230 g/mol. The molecule has 1 aromatic rings. The summed E-state index contributed by atoms with van der Waals surface area (Å²) in [6.07, 6.45) is 6.91. The van der Waals surface area contributed by atoms with Crippen LogP contribution in [-0.4, -0.2) is 21.8 Å². The van der Waals surface area contributed by atoms with Gasteiger partial charge in [-0.1, -0.05) is 12.8 Å². The molecule has 17 heavy (non-hydrogen) atoms. The smallest absolute Gasteiger partial charge is 0.257 e. The summed E-state index contributed by atoms with van der Waals surface area (Å²) in [5.41, 5.74) is 1.03. The first-order valence-electron chi connectivity index (χ1n) is 6.05. The number of anilines is 1. The summed E-state index contributed by atoms with van der Waals surface area (Å²) in [7, 11) is 0. The lowest BCUT2D eigenvalue weighted by Crippen LogP contribution is -2.27. The Morgan fingerprint density at radius 2 is 2.24 bits per heavy atom. The molecule has 1 unspecified atom stereocenters. The number of amides is 1. The summed E-state index contributed by atoms with van der Waals surface area (Å²) in [5.74, 6) is 0.569. The first kappa shape index (κ1) is 10.4. The molecular weight excluding hydrogens is 216 g/mol. The van der Waals surface area contributed by atoms with Crippen LogP contribution in [-0.2, 0) is 4.79 Å². The normalized spacial score (nSPS) is 24.2. The molecular formula is C12H14N4O. The number of carbonyl (C=O) groups excluding carboxylic acids is 1. The van der Waals surface area contributed by atoms with Crippen LogP contribution in [0.2, 0.25) is 0 Å². The Bertz CT molecular complexity index is 457.